The van der Waals surface area contributed by atoms with Gasteiger partial charge in [-0.1, -0.05) is 0 Å². The molecule has 0 atom stereocenters. The minimum atomic E-state index is -0.701. The molecule has 2 aromatic carbocycles. The first-order chi connectivity index (χ1) is 16.9. The van der Waals surface area contributed by atoms with Crippen molar-refractivity contribution in [3.8, 4) is 11.6 Å². The van der Waals surface area contributed by atoms with Gasteiger partial charge in [0.25, 0.3) is 0 Å². The van der Waals surface area contributed by atoms with Crippen LogP contribution in [0.25, 0.3) is 10.9 Å². The van der Waals surface area contributed by atoms with E-state index in [1.54, 1.807) is 11.1 Å². The van der Waals surface area contributed by atoms with Crippen LogP contribution in [-0.4, -0.2) is 52.1 Å². The van der Waals surface area contributed by atoms with Crippen molar-refractivity contribution in [3.63, 3.8) is 0 Å². The summed E-state index contributed by atoms with van der Waals surface area (Å²) < 4.78 is 33.4. The van der Waals surface area contributed by atoms with E-state index in [1.807, 2.05) is 38.1 Å². The van der Waals surface area contributed by atoms with E-state index >= 15 is 0 Å². The number of halogens is 2. The van der Waals surface area contributed by atoms with Crippen LogP contribution in [-0.2, 0) is 0 Å². The molecule has 10 heteroatoms. The van der Waals surface area contributed by atoms with Gasteiger partial charge in [0.2, 0.25) is 5.88 Å². The number of urea groups is 1. The molecule has 1 fully saturated rings. The molecule has 2 N–H and O–H groups in total. The first kappa shape index (κ1) is 22.6. The van der Waals surface area contributed by atoms with E-state index in [-0.39, 0.29) is 11.5 Å². The summed E-state index contributed by atoms with van der Waals surface area (Å²) in [5.74, 6) is -0.246. The van der Waals surface area contributed by atoms with Gasteiger partial charge in [0.15, 0.2) is 0 Å². The molecule has 8 nitrogen and oxygen atoms in total. The van der Waals surface area contributed by atoms with E-state index in [0.717, 1.165) is 23.1 Å². The number of benzene rings is 2. The van der Waals surface area contributed by atoms with E-state index in [2.05, 4.69) is 25.2 Å². The number of rotatable bonds is 4. The highest BCUT2D eigenvalue weighted by atomic mass is 19.1. The molecular formula is C25H24F2N6O2. The number of fused-ring (bicyclic) bond motifs is 1. The number of aromatic amines is 1. The Bertz CT molecular complexity index is 1380. The Balaban J connectivity index is 1.19. The predicted octanol–water partition coefficient (Wildman–Crippen LogP) is 5.00. The summed E-state index contributed by atoms with van der Waals surface area (Å²) in [5, 5.41) is 3.05. The van der Waals surface area contributed by atoms with Gasteiger partial charge in [-0.2, -0.15) is 0 Å². The fraction of sp³-hybridized carbons (Fsp3) is 0.240. The van der Waals surface area contributed by atoms with Crippen molar-refractivity contribution in [3.05, 3.63) is 71.8 Å². The molecule has 0 saturated carbocycles. The number of carbonyl (C=O) groups is 1. The maximum Gasteiger partial charge on any atom is 0.322 e. The maximum atomic E-state index is 13.9. The Labute approximate surface area is 200 Å². The van der Waals surface area contributed by atoms with E-state index < -0.39 is 11.6 Å². The number of hydrogen-bond acceptors (Lipinski definition) is 5. The monoisotopic (exact) mass is 478 g/mol. The van der Waals surface area contributed by atoms with Gasteiger partial charge >= 0.3 is 6.03 Å². The number of carbonyl (C=O) groups excluding carboxylic acids is 1. The van der Waals surface area contributed by atoms with Crippen molar-refractivity contribution in [1.82, 2.24) is 19.9 Å². The highest BCUT2D eigenvalue weighted by Gasteiger charge is 2.22. The summed E-state index contributed by atoms with van der Waals surface area (Å²) in [5.41, 5.74) is 3.02. The van der Waals surface area contributed by atoms with Crippen LogP contribution >= 0.6 is 0 Å². The van der Waals surface area contributed by atoms with Crippen molar-refractivity contribution in [1.29, 1.82) is 0 Å². The molecule has 2 aromatic heterocycles. The lowest BCUT2D eigenvalue weighted by Gasteiger charge is -2.36. The standard InChI is InChI=1S/C25H24F2N6O2/c1-15-13-28-16(2)24(30-15)35-19-5-3-18(4-6-19)32-7-9-33(10-8-32)25(34)31-22-14-29-23-20(22)11-17(26)12-21(23)27/h3-6,11-14,29H,7-10H2,1-2H3,(H,31,34). The summed E-state index contributed by atoms with van der Waals surface area (Å²) in [6.07, 6.45) is 3.17. The average Bonchev–Trinajstić information content (AvgIpc) is 3.24. The van der Waals surface area contributed by atoms with Gasteiger partial charge in [-0.3, -0.25) is 4.98 Å². The topological polar surface area (TPSA) is 86.4 Å². The lowest BCUT2D eigenvalue weighted by atomic mass is 10.2. The van der Waals surface area contributed by atoms with Gasteiger partial charge in [-0.15, -0.1) is 0 Å². The highest BCUT2D eigenvalue weighted by molar-refractivity contribution is 6.01. The fourth-order valence-electron chi connectivity index (χ4n) is 4.07. The van der Waals surface area contributed by atoms with E-state index in [0.29, 0.717) is 48.9 Å². The SMILES string of the molecule is Cc1cnc(C)c(Oc2ccc(N3CCN(C(=O)Nc4c[nH]c5c(F)cc(F)cc45)CC3)cc2)n1. The number of piperazine rings is 1. The molecular weight excluding hydrogens is 454 g/mol. The van der Waals surface area contributed by atoms with Crippen LogP contribution in [0.5, 0.6) is 11.6 Å². The lowest BCUT2D eigenvalue weighted by molar-refractivity contribution is 0.208. The second-order valence-corrected chi connectivity index (χ2v) is 8.41. The summed E-state index contributed by atoms with van der Waals surface area (Å²) in [6.45, 7) is 6.02. The van der Waals surface area contributed by atoms with Crippen molar-refractivity contribution >= 4 is 28.3 Å². The van der Waals surface area contributed by atoms with Crippen molar-refractivity contribution in [2.75, 3.05) is 36.4 Å². The van der Waals surface area contributed by atoms with E-state index in [1.165, 1.54) is 12.3 Å². The van der Waals surface area contributed by atoms with Crippen LogP contribution < -0.4 is 15.0 Å². The summed E-state index contributed by atoms with van der Waals surface area (Å²) in [6, 6.07) is 9.40. The highest BCUT2D eigenvalue weighted by Crippen LogP contribution is 2.28. The van der Waals surface area contributed by atoms with Crippen LogP contribution in [0.2, 0.25) is 0 Å². The van der Waals surface area contributed by atoms with Gasteiger partial charge in [0.05, 0.1) is 22.6 Å². The van der Waals surface area contributed by atoms with Gasteiger partial charge in [-0.25, -0.2) is 18.6 Å². The smallest absolute Gasteiger partial charge is 0.322 e. The van der Waals surface area contributed by atoms with Gasteiger partial charge in [0.1, 0.15) is 17.4 Å². The van der Waals surface area contributed by atoms with Crippen LogP contribution in [0.15, 0.2) is 48.8 Å². The molecule has 2 amide bonds. The molecule has 0 unspecified atom stereocenters. The van der Waals surface area contributed by atoms with Crippen molar-refractivity contribution in [2.24, 2.45) is 0 Å². The van der Waals surface area contributed by atoms with Crippen LogP contribution in [0.3, 0.4) is 0 Å². The number of anilines is 2. The van der Waals surface area contributed by atoms with E-state index in [9.17, 15) is 13.6 Å². The number of hydrogen-bond donors (Lipinski definition) is 2. The number of nitrogens with zero attached hydrogens (tertiary/aromatic N) is 4. The zero-order chi connectivity index (χ0) is 24.5. The second-order valence-electron chi connectivity index (χ2n) is 8.41. The zero-order valence-corrected chi connectivity index (χ0v) is 19.3. The predicted molar refractivity (Wildman–Crippen MR) is 129 cm³/mol. The molecule has 3 heterocycles. The fourth-order valence-corrected chi connectivity index (χ4v) is 4.07. The molecule has 1 aliphatic heterocycles. The number of amides is 2. The first-order valence-electron chi connectivity index (χ1n) is 11.2. The Morgan fingerprint density at radius 3 is 2.57 bits per heavy atom. The number of aryl methyl sites for hydroxylation is 2. The van der Waals surface area contributed by atoms with Gasteiger partial charge < -0.3 is 24.8 Å². The minimum Gasteiger partial charge on any atom is -0.437 e. The molecule has 4 aromatic rings. The Kier molecular flexibility index (Phi) is 5.94. The second kappa shape index (κ2) is 9.21. The molecule has 0 bridgehead atoms. The molecule has 5 rings (SSSR count). The largest absolute Gasteiger partial charge is 0.437 e. The first-order valence-corrected chi connectivity index (χ1v) is 11.2. The molecule has 0 radical (unpaired) electrons. The normalized spacial score (nSPS) is 13.8. The number of ether oxygens (including phenoxy) is 1. The van der Waals surface area contributed by atoms with Gasteiger partial charge in [0, 0.05) is 55.7 Å². The Morgan fingerprint density at radius 1 is 1.09 bits per heavy atom. The number of aromatic nitrogens is 3. The quantitative estimate of drug-likeness (QED) is 0.431. The molecule has 180 valence electrons. The van der Waals surface area contributed by atoms with Gasteiger partial charge in [-0.05, 0) is 44.2 Å². The maximum absolute atomic E-state index is 13.9. The lowest BCUT2D eigenvalue weighted by Crippen LogP contribution is -2.50. The third-order valence-electron chi connectivity index (χ3n) is 5.96. The molecule has 35 heavy (non-hydrogen) atoms. The Hall–Kier alpha value is -4.21. The number of nitrogens with one attached hydrogen (secondary N) is 2. The van der Waals surface area contributed by atoms with Crippen molar-refractivity contribution in [2.45, 2.75) is 13.8 Å². The van der Waals surface area contributed by atoms with Crippen LogP contribution in [0, 0.1) is 25.5 Å². The summed E-state index contributed by atoms with van der Waals surface area (Å²) in [4.78, 5) is 28.0. The molecule has 0 aliphatic carbocycles. The molecule has 0 spiro atoms. The summed E-state index contributed by atoms with van der Waals surface area (Å²) in [7, 11) is 0. The number of H-pyrrole nitrogens is 1. The van der Waals surface area contributed by atoms with Crippen LogP contribution in [0.4, 0.5) is 25.0 Å². The third-order valence-corrected chi connectivity index (χ3v) is 5.96. The Morgan fingerprint density at radius 2 is 1.83 bits per heavy atom. The molecule has 1 saturated heterocycles. The summed E-state index contributed by atoms with van der Waals surface area (Å²) >= 11 is 0. The van der Waals surface area contributed by atoms with Crippen molar-refractivity contribution < 1.29 is 18.3 Å². The minimum absolute atomic E-state index is 0.156. The third kappa shape index (κ3) is 4.72. The average molecular weight is 479 g/mol. The van der Waals surface area contributed by atoms with Crippen LogP contribution in [0.1, 0.15) is 11.4 Å². The zero-order valence-electron chi connectivity index (χ0n) is 19.3. The van der Waals surface area contributed by atoms with E-state index in [4.69, 9.17) is 4.74 Å². The molecule has 1 aliphatic rings.